The van der Waals surface area contributed by atoms with Crippen LogP contribution in [0.25, 0.3) is 22.3 Å². The summed E-state index contributed by atoms with van der Waals surface area (Å²) in [6.45, 7) is 4.75. The van der Waals surface area contributed by atoms with Crippen molar-refractivity contribution in [1.82, 2.24) is 0 Å². The topological polar surface area (TPSA) is 6.48 Å². The number of nitrogens with zero attached hydrogens (tertiary/aromatic N) is 2. The van der Waals surface area contributed by atoms with E-state index in [1.165, 1.54) is 78.4 Å². The van der Waals surface area contributed by atoms with Gasteiger partial charge in [-0.3, -0.25) is 0 Å². The number of hydrogen-bond donors (Lipinski definition) is 0. The van der Waals surface area contributed by atoms with Crippen molar-refractivity contribution in [2.24, 2.45) is 0 Å². The maximum absolute atomic E-state index is 2.54. The van der Waals surface area contributed by atoms with Crippen molar-refractivity contribution >= 4 is 34.1 Å². The minimum Gasteiger partial charge on any atom is -0.310 e. The van der Waals surface area contributed by atoms with Crippen LogP contribution in [0.3, 0.4) is 0 Å². The molecule has 58 heavy (non-hydrogen) atoms. The molecule has 0 aliphatic heterocycles. The lowest BCUT2D eigenvalue weighted by Crippen LogP contribution is -2.22. The number of aryl methyl sites for hydroxylation is 2. The summed E-state index contributed by atoms with van der Waals surface area (Å²) in [4.78, 5) is 4.92. The van der Waals surface area contributed by atoms with Gasteiger partial charge in [-0.15, -0.1) is 0 Å². The van der Waals surface area contributed by atoms with Gasteiger partial charge in [0.15, 0.2) is 0 Å². The van der Waals surface area contributed by atoms with E-state index in [4.69, 9.17) is 0 Å². The van der Waals surface area contributed by atoms with E-state index in [0.717, 1.165) is 37.1 Å². The molecule has 8 aromatic carbocycles. The van der Waals surface area contributed by atoms with Gasteiger partial charge in [0.05, 0.1) is 0 Å². The number of fused-ring (bicyclic) bond motifs is 7. The zero-order chi connectivity index (χ0) is 38.8. The predicted molar refractivity (Wildman–Crippen MR) is 243 cm³/mol. The van der Waals surface area contributed by atoms with Crippen molar-refractivity contribution in [3.63, 3.8) is 0 Å². The molecule has 0 saturated carbocycles. The molecule has 0 aromatic heterocycles. The summed E-state index contributed by atoms with van der Waals surface area (Å²) in [5.41, 5.74) is 20.9. The molecule has 0 saturated heterocycles. The first-order chi connectivity index (χ1) is 28.5. The molecule has 1 spiro atoms. The molecule has 0 radical (unpaired) electrons. The highest BCUT2D eigenvalue weighted by atomic mass is 15.1. The molecule has 0 N–H and O–H groups in total. The monoisotopic (exact) mass is 746 g/mol. The average Bonchev–Trinajstić information content (AvgIpc) is 3.91. The lowest BCUT2D eigenvalue weighted by atomic mass is 9.76. The van der Waals surface area contributed by atoms with Crippen LogP contribution in [-0.4, -0.2) is 0 Å². The molecular formula is C56H46N2. The Hall–Kier alpha value is -6.64. The molecule has 0 bridgehead atoms. The maximum Gasteiger partial charge on any atom is 0.0467 e. The number of anilines is 6. The Labute approximate surface area is 342 Å². The minimum atomic E-state index is -0.0753. The molecule has 8 aromatic rings. The van der Waals surface area contributed by atoms with Crippen molar-refractivity contribution in [1.29, 1.82) is 0 Å². The van der Waals surface area contributed by atoms with Crippen molar-refractivity contribution < 1.29 is 0 Å². The summed E-state index contributed by atoms with van der Waals surface area (Å²) in [6.07, 6.45) is 4.45. The quantitative estimate of drug-likeness (QED) is 0.160. The van der Waals surface area contributed by atoms with Crippen molar-refractivity contribution in [2.75, 3.05) is 9.80 Å². The molecule has 1 atom stereocenters. The lowest BCUT2D eigenvalue weighted by Gasteiger charge is -2.32. The van der Waals surface area contributed by atoms with E-state index in [-0.39, 0.29) is 10.8 Å². The van der Waals surface area contributed by atoms with E-state index < -0.39 is 0 Å². The molecule has 0 unspecified atom stereocenters. The van der Waals surface area contributed by atoms with Gasteiger partial charge in [0.25, 0.3) is 0 Å². The SMILES string of the molecule is CC1(C)c2ccccc2-c2ccc(N(c3ccccc3)c3ccc4c(c3)[C@]3(CCc5ccc(N(c6ccccc6)c6cccc(-c7ccccc7)c6)cc53)CC4)cc21. The van der Waals surface area contributed by atoms with E-state index >= 15 is 0 Å². The molecule has 3 aliphatic carbocycles. The summed E-state index contributed by atoms with van der Waals surface area (Å²) >= 11 is 0. The van der Waals surface area contributed by atoms with Gasteiger partial charge >= 0.3 is 0 Å². The molecule has 11 rings (SSSR count). The Kier molecular flexibility index (Phi) is 8.05. The molecule has 0 fully saturated rings. The van der Waals surface area contributed by atoms with Crippen molar-refractivity contribution in [3.8, 4) is 22.3 Å². The lowest BCUT2D eigenvalue weighted by molar-refractivity contribution is 0.507. The smallest absolute Gasteiger partial charge is 0.0467 e. The number of rotatable bonds is 7. The zero-order valence-electron chi connectivity index (χ0n) is 33.2. The third kappa shape index (κ3) is 5.46. The Morgan fingerprint density at radius 3 is 1.40 bits per heavy atom. The van der Waals surface area contributed by atoms with Gasteiger partial charge in [-0.25, -0.2) is 0 Å². The van der Waals surface area contributed by atoms with Crippen molar-refractivity contribution in [3.05, 3.63) is 228 Å². The summed E-state index contributed by atoms with van der Waals surface area (Å²) < 4.78 is 0. The summed E-state index contributed by atoms with van der Waals surface area (Å²) in [5, 5.41) is 0. The number of benzene rings is 8. The molecule has 0 amide bonds. The summed E-state index contributed by atoms with van der Waals surface area (Å²) in [7, 11) is 0. The van der Waals surface area contributed by atoms with Crippen LogP contribution in [0.1, 0.15) is 60.1 Å². The van der Waals surface area contributed by atoms with Crippen LogP contribution in [0.2, 0.25) is 0 Å². The highest BCUT2D eigenvalue weighted by Crippen LogP contribution is 2.56. The fraction of sp³-hybridized carbons (Fsp3) is 0.143. The van der Waals surface area contributed by atoms with Crippen LogP contribution in [0, 0.1) is 0 Å². The van der Waals surface area contributed by atoms with Gasteiger partial charge in [0.2, 0.25) is 0 Å². The zero-order valence-corrected chi connectivity index (χ0v) is 33.2. The van der Waals surface area contributed by atoms with Crippen LogP contribution >= 0.6 is 0 Å². The molecule has 0 heterocycles. The van der Waals surface area contributed by atoms with Crippen LogP contribution in [0.5, 0.6) is 0 Å². The van der Waals surface area contributed by atoms with Gasteiger partial charge in [-0.1, -0.05) is 135 Å². The first-order valence-corrected chi connectivity index (χ1v) is 20.9. The second-order valence-electron chi connectivity index (χ2n) is 16.9. The van der Waals surface area contributed by atoms with Gasteiger partial charge in [-0.2, -0.15) is 0 Å². The summed E-state index contributed by atoms with van der Waals surface area (Å²) in [5.74, 6) is 0. The second-order valence-corrected chi connectivity index (χ2v) is 16.9. The standard InChI is InChI=1S/C56H46N2/c1-55(2)51-24-13-12-23-49(51)50-30-29-48(38-54(50)55)58(44-20-10-5-11-21-44)47-28-26-41-32-34-56(53(41)37-47)33-31-40-25-27-46(36-52(40)56)57(43-18-8-4-9-19-43)45-22-14-17-42(35-45)39-15-6-3-7-16-39/h3-30,35-38H,31-34H2,1-2H3/t56-/m1/s1. The number of para-hydroxylation sites is 2. The van der Waals surface area contributed by atoms with Gasteiger partial charge in [0, 0.05) is 45.0 Å². The van der Waals surface area contributed by atoms with Crippen LogP contribution < -0.4 is 9.80 Å². The first kappa shape index (κ1) is 34.6. The van der Waals surface area contributed by atoms with E-state index in [0.29, 0.717) is 0 Å². The fourth-order valence-electron chi connectivity index (χ4n) is 10.6. The Bertz CT molecular complexity index is 2820. The largest absolute Gasteiger partial charge is 0.310 e. The van der Waals surface area contributed by atoms with Gasteiger partial charge < -0.3 is 9.80 Å². The predicted octanol–water partition coefficient (Wildman–Crippen LogP) is 14.8. The maximum atomic E-state index is 2.54. The van der Waals surface area contributed by atoms with E-state index in [1.807, 2.05) is 0 Å². The van der Waals surface area contributed by atoms with Crippen LogP contribution in [0.15, 0.2) is 194 Å². The Morgan fingerprint density at radius 1 is 0.345 bits per heavy atom. The third-order valence-corrected chi connectivity index (χ3v) is 13.4. The number of hydrogen-bond acceptors (Lipinski definition) is 2. The highest BCUT2D eigenvalue weighted by Gasteiger charge is 2.45. The molecular weight excluding hydrogens is 701 g/mol. The summed E-state index contributed by atoms with van der Waals surface area (Å²) in [6, 6.07) is 72.2. The Balaban J connectivity index is 1.02. The van der Waals surface area contributed by atoms with E-state index in [1.54, 1.807) is 0 Å². The first-order valence-electron chi connectivity index (χ1n) is 20.9. The van der Waals surface area contributed by atoms with Crippen molar-refractivity contribution in [2.45, 2.75) is 50.4 Å². The fourth-order valence-corrected chi connectivity index (χ4v) is 10.6. The van der Waals surface area contributed by atoms with Crippen LogP contribution in [0.4, 0.5) is 34.1 Å². The minimum absolute atomic E-state index is 0.0329. The molecule has 280 valence electrons. The highest BCUT2D eigenvalue weighted by molar-refractivity contribution is 5.86. The third-order valence-electron chi connectivity index (χ3n) is 13.4. The molecule has 2 heteroatoms. The van der Waals surface area contributed by atoms with E-state index in [9.17, 15) is 0 Å². The van der Waals surface area contributed by atoms with Gasteiger partial charge in [0.1, 0.15) is 0 Å². The average molecular weight is 747 g/mol. The Morgan fingerprint density at radius 2 is 0.793 bits per heavy atom. The normalized spacial score (nSPS) is 16.7. The van der Waals surface area contributed by atoms with Crippen LogP contribution in [-0.2, 0) is 23.7 Å². The second kappa shape index (κ2) is 13.5. The molecule has 3 aliphatic rings. The molecule has 2 nitrogen and oxygen atoms in total. The van der Waals surface area contributed by atoms with Gasteiger partial charge in [-0.05, 0) is 154 Å². The van der Waals surface area contributed by atoms with E-state index in [2.05, 4.69) is 218 Å².